The largest absolute Gasteiger partial charge is 0.465 e. The molecule has 214 valence electrons. The average molecular weight is 568 g/mol. The van der Waals surface area contributed by atoms with Crippen LogP contribution in [-0.2, 0) is 0 Å². The van der Waals surface area contributed by atoms with Gasteiger partial charge in [0, 0.05) is 19.0 Å². The maximum Gasteiger partial charge on any atom is 0.406 e. The Balaban J connectivity index is 5.93. The van der Waals surface area contributed by atoms with Gasteiger partial charge < -0.3 is 20.8 Å². The first kappa shape index (κ1) is 33.6. The van der Waals surface area contributed by atoms with Crippen LogP contribution < -0.4 is 10.6 Å². The van der Waals surface area contributed by atoms with E-state index in [9.17, 15) is 71.1 Å². The molecule has 0 aromatic carbocycles. The molecule has 0 aromatic heterocycles. The lowest BCUT2D eigenvalue weighted by Gasteiger charge is -2.41. The summed E-state index contributed by atoms with van der Waals surface area (Å²) in [4.78, 5) is 20.9. The maximum absolute atomic E-state index is 14.1. The summed E-state index contributed by atoms with van der Waals surface area (Å²) in [7, 11) is 0. The molecule has 0 aliphatic rings. The molecule has 1 unspecified atom stereocenters. The Hall–Kier alpha value is -2.44. The number of halogens is 14. The molecule has 1 atom stereocenters. The highest BCUT2D eigenvalue weighted by Crippen LogP contribution is 2.60. The minimum Gasteiger partial charge on any atom is -0.465 e. The van der Waals surface area contributed by atoms with Gasteiger partial charge in [0.1, 0.15) is 0 Å². The van der Waals surface area contributed by atoms with Gasteiger partial charge in [-0.25, -0.2) is 9.59 Å². The summed E-state index contributed by atoms with van der Waals surface area (Å²) >= 11 is 0. The number of carbonyl (C=O) groups is 2. The van der Waals surface area contributed by atoms with E-state index in [1.807, 2.05) is 5.32 Å². The monoisotopic (exact) mass is 568 g/mol. The molecule has 0 bridgehead atoms. The van der Waals surface area contributed by atoms with Gasteiger partial charge in [-0.15, -0.1) is 0 Å². The van der Waals surface area contributed by atoms with Gasteiger partial charge in [0.2, 0.25) is 5.92 Å². The molecule has 6 nitrogen and oxygen atoms in total. The Morgan fingerprint density at radius 3 is 1.53 bits per heavy atom. The predicted molar refractivity (Wildman–Crippen MR) is 89.4 cm³/mol. The lowest BCUT2D eigenvalue weighted by atomic mass is 9.86. The second kappa shape index (κ2) is 11.3. The molecule has 0 spiro atoms. The van der Waals surface area contributed by atoms with E-state index in [0.717, 1.165) is 0 Å². The minimum atomic E-state index is -7.92. The highest BCUT2D eigenvalue weighted by molar-refractivity contribution is 5.65. The highest BCUT2D eigenvalue weighted by atomic mass is 19.4. The van der Waals surface area contributed by atoms with E-state index in [1.165, 1.54) is 5.32 Å². The number of carboxylic acid groups (broad SMARTS) is 2. The second-order valence-electron chi connectivity index (χ2n) is 7.42. The third-order valence-corrected chi connectivity index (χ3v) is 4.63. The van der Waals surface area contributed by atoms with Crippen LogP contribution >= 0.6 is 0 Å². The number of unbranched alkanes of at least 4 members (excludes halogenated alkanes) is 2. The minimum absolute atomic E-state index is 0.0147. The van der Waals surface area contributed by atoms with E-state index in [4.69, 9.17) is 10.2 Å². The van der Waals surface area contributed by atoms with Crippen LogP contribution in [0.15, 0.2) is 0 Å². The van der Waals surface area contributed by atoms with Crippen molar-refractivity contribution >= 4 is 12.2 Å². The normalized spacial score (nSPS) is 15.1. The number of alkyl halides is 14. The summed E-state index contributed by atoms with van der Waals surface area (Å²) in [5, 5.41) is 20.0. The fourth-order valence-corrected chi connectivity index (χ4v) is 2.94. The van der Waals surface area contributed by atoms with Gasteiger partial charge in [0.15, 0.2) is 0 Å². The van der Waals surface area contributed by atoms with Gasteiger partial charge in [-0.2, -0.15) is 61.5 Å². The molecule has 0 radical (unpaired) electrons. The van der Waals surface area contributed by atoms with Crippen molar-refractivity contribution in [1.29, 1.82) is 0 Å². The van der Waals surface area contributed by atoms with Crippen LogP contribution in [0.3, 0.4) is 0 Å². The zero-order valence-corrected chi connectivity index (χ0v) is 17.4. The SMILES string of the molecule is O=C(O)NCCCCCC(CC(F)(F)C(F)(F)C(F)(F)C(F)(F)C(C(F)(F)F)C(F)(F)F)NC(=O)O. The lowest BCUT2D eigenvalue weighted by molar-refractivity contribution is -0.423. The Kier molecular flexibility index (Phi) is 10.5. The van der Waals surface area contributed by atoms with Gasteiger partial charge in [0.25, 0.3) is 0 Å². The molecule has 36 heavy (non-hydrogen) atoms. The summed E-state index contributed by atoms with van der Waals surface area (Å²) in [6.07, 6.45) is -22.3. The molecule has 4 N–H and O–H groups in total. The fraction of sp³-hybridized carbons (Fsp3) is 0.875. The summed E-state index contributed by atoms with van der Waals surface area (Å²) in [5.41, 5.74) is 0. The topological polar surface area (TPSA) is 98.7 Å². The number of rotatable bonds is 13. The van der Waals surface area contributed by atoms with Gasteiger partial charge >= 0.3 is 48.2 Å². The summed E-state index contributed by atoms with van der Waals surface area (Å²) in [5.74, 6) is -36.2. The average Bonchev–Trinajstić information content (AvgIpc) is 2.59. The van der Waals surface area contributed by atoms with E-state index in [2.05, 4.69) is 0 Å². The van der Waals surface area contributed by atoms with Crippen molar-refractivity contribution in [2.75, 3.05) is 6.54 Å². The third kappa shape index (κ3) is 8.04. The molecule has 0 rings (SSSR count). The molecule has 2 amide bonds. The molecular weight excluding hydrogens is 550 g/mol. The Bertz CT molecular complexity index is 740. The second-order valence-corrected chi connectivity index (χ2v) is 7.42. The van der Waals surface area contributed by atoms with E-state index >= 15 is 0 Å². The van der Waals surface area contributed by atoms with E-state index in [-0.39, 0.29) is 25.8 Å². The van der Waals surface area contributed by atoms with E-state index in [0.29, 0.717) is 0 Å². The first-order valence-corrected chi connectivity index (χ1v) is 9.43. The molecule has 0 saturated carbocycles. The summed E-state index contributed by atoms with van der Waals surface area (Å²) in [6, 6.07) is -2.40. The number of nitrogens with one attached hydrogen (secondary N) is 2. The zero-order chi connectivity index (χ0) is 29.0. The molecule has 0 heterocycles. The molecule has 0 aliphatic heterocycles. The predicted octanol–water partition coefficient (Wildman–Crippen LogP) is 6.12. The molecule has 0 fully saturated rings. The van der Waals surface area contributed by atoms with Crippen LogP contribution in [0.5, 0.6) is 0 Å². The fourth-order valence-electron chi connectivity index (χ4n) is 2.94. The smallest absolute Gasteiger partial charge is 0.406 e. The van der Waals surface area contributed by atoms with Crippen LogP contribution in [-0.4, -0.2) is 71.0 Å². The Morgan fingerprint density at radius 2 is 1.14 bits per heavy atom. The van der Waals surface area contributed by atoms with E-state index < -0.39 is 73.0 Å². The molecule has 0 aliphatic carbocycles. The third-order valence-electron chi connectivity index (χ3n) is 4.63. The van der Waals surface area contributed by atoms with Gasteiger partial charge in [-0.1, -0.05) is 12.8 Å². The van der Waals surface area contributed by atoms with E-state index in [1.54, 1.807) is 0 Å². The number of hydrogen-bond acceptors (Lipinski definition) is 2. The quantitative estimate of drug-likeness (QED) is 0.159. The van der Waals surface area contributed by atoms with Gasteiger partial charge in [0.05, 0.1) is 0 Å². The highest BCUT2D eigenvalue weighted by Gasteiger charge is 2.87. The van der Waals surface area contributed by atoms with Crippen molar-refractivity contribution in [3.63, 3.8) is 0 Å². The van der Waals surface area contributed by atoms with Gasteiger partial charge in [-0.3, -0.25) is 0 Å². The van der Waals surface area contributed by atoms with Crippen LogP contribution in [0.2, 0.25) is 0 Å². The standard InChI is InChI=1S/C16H18F14N2O4/c17-11(18,6-7(32-10(35)36)4-2-1-3-5-31-9(33)34)15(27,28)16(29,30)12(19,20)8(13(21,22)23)14(24,25)26/h7-8,31-32H,1-6H2,(H,33,34)(H,35,36). The van der Waals surface area contributed by atoms with Crippen LogP contribution in [0.1, 0.15) is 32.1 Å². The van der Waals surface area contributed by atoms with Crippen molar-refractivity contribution in [2.24, 2.45) is 5.92 Å². The van der Waals surface area contributed by atoms with Gasteiger partial charge in [-0.05, 0) is 12.8 Å². The Morgan fingerprint density at radius 1 is 0.667 bits per heavy atom. The molecule has 0 aromatic rings. The van der Waals surface area contributed by atoms with Crippen molar-refractivity contribution in [2.45, 2.75) is 74.2 Å². The van der Waals surface area contributed by atoms with Crippen LogP contribution in [0.25, 0.3) is 0 Å². The molecule has 20 heteroatoms. The van der Waals surface area contributed by atoms with Crippen molar-refractivity contribution in [3.8, 4) is 0 Å². The maximum atomic E-state index is 14.1. The number of amides is 2. The Labute approximate surface area is 192 Å². The van der Waals surface area contributed by atoms with Crippen LogP contribution in [0.4, 0.5) is 71.1 Å². The van der Waals surface area contributed by atoms with Crippen molar-refractivity contribution in [1.82, 2.24) is 10.6 Å². The first-order valence-electron chi connectivity index (χ1n) is 9.43. The first-order chi connectivity index (χ1) is 15.8. The number of hydrogen-bond donors (Lipinski definition) is 4. The van der Waals surface area contributed by atoms with Crippen molar-refractivity contribution < 1.29 is 81.3 Å². The van der Waals surface area contributed by atoms with Crippen molar-refractivity contribution in [3.05, 3.63) is 0 Å². The molecule has 0 saturated heterocycles. The summed E-state index contributed by atoms with van der Waals surface area (Å²) < 4.78 is 186. The molecular formula is C16H18F14N2O4. The summed E-state index contributed by atoms with van der Waals surface area (Å²) in [6.45, 7) is -0.207. The van der Waals surface area contributed by atoms with Crippen LogP contribution in [0, 0.1) is 5.92 Å². The lowest BCUT2D eigenvalue weighted by Crippen LogP contribution is -2.68. The zero-order valence-electron chi connectivity index (χ0n) is 17.4.